The van der Waals surface area contributed by atoms with Gasteiger partial charge in [-0.05, 0) is 55.1 Å². The highest BCUT2D eigenvalue weighted by Gasteiger charge is 2.40. The molecule has 74 valence electrons. The van der Waals surface area contributed by atoms with Gasteiger partial charge in [-0.15, -0.1) is 0 Å². The lowest BCUT2D eigenvalue weighted by Crippen LogP contribution is -2.08. The zero-order chi connectivity index (χ0) is 9.54. The first-order valence-electron chi connectivity index (χ1n) is 5.74. The van der Waals surface area contributed by atoms with E-state index in [-0.39, 0.29) is 0 Å². The summed E-state index contributed by atoms with van der Waals surface area (Å²) in [4.78, 5) is 4.31. The van der Waals surface area contributed by atoms with E-state index in [9.17, 15) is 0 Å². The lowest BCUT2D eigenvalue weighted by molar-refractivity contribution is 0.419. The molecule has 1 heteroatoms. The molecule has 1 aromatic rings. The lowest BCUT2D eigenvalue weighted by atomic mass is 9.84. The molecule has 0 spiro atoms. The van der Waals surface area contributed by atoms with Crippen molar-refractivity contribution in [3.05, 3.63) is 29.6 Å². The Balaban J connectivity index is 1.89. The van der Waals surface area contributed by atoms with Gasteiger partial charge >= 0.3 is 0 Å². The van der Waals surface area contributed by atoms with Crippen molar-refractivity contribution in [2.24, 2.45) is 11.8 Å². The molecule has 3 atom stereocenters. The van der Waals surface area contributed by atoms with E-state index in [2.05, 4.69) is 24.2 Å². The molecule has 2 aliphatic rings. The highest BCUT2D eigenvalue weighted by Crippen LogP contribution is 2.52. The van der Waals surface area contributed by atoms with E-state index in [1.54, 1.807) is 0 Å². The SMILES string of the molecule is Cc1cncc(C2CC3CCC2C3)c1. The van der Waals surface area contributed by atoms with Crippen molar-refractivity contribution >= 4 is 0 Å². The first kappa shape index (κ1) is 8.46. The van der Waals surface area contributed by atoms with E-state index in [4.69, 9.17) is 0 Å². The largest absolute Gasteiger partial charge is 0.264 e. The first-order valence-corrected chi connectivity index (χ1v) is 5.74. The Labute approximate surface area is 85.6 Å². The Morgan fingerprint density at radius 2 is 2.14 bits per heavy atom. The monoisotopic (exact) mass is 187 g/mol. The van der Waals surface area contributed by atoms with Gasteiger partial charge in [0.2, 0.25) is 0 Å². The Morgan fingerprint density at radius 3 is 2.79 bits per heavy atom. The Bertz CT molecular complexity index is 345. The van der Waals surface area contributed by atoms with E-state index < -0.39 is 0 Å². The first-order chi connectivity index (χ1) is 6.83. The van der Waals surface area contributed by atoms with Crippen molar-refractivity contribution in [2.75, 3.05) is 0 Å². The molecule has 3 unspecified atom stereocenters. The van der Waals surface area contributed by atoms with Crippen LogP contribution < -0.4 is 0 Å². The van der Waals surface area contributed by atoms with Crippen LogP contribution in [-0.2, 0) is 0 Å². The van der Waals surface area contributed by atoms with Crippen LogP contribution in [0.3, 0.4) is 0 Å². The van der Waals surface area contributed by atoms with E-state index in [0.29, 0.717) is 0 Å². The molecular formula is C13H17N. The van der Waals surface area contributed by atoms with Crippen LogP contribution in [0.15, 0.2) is 18.5 Å². The molecule has 2 saturated carbocycles. The van der Waals surface area contributed by atoms with Crippen LogP contribution in [-0.4, -0.2) is 4.98 Å². The van der Waals surface area contributed by atoms with Crippen LogP contribution in [0.2, 0.25) is 0 Å². The van der Waals surface area contributed by atoms with Crippen molar-refractivity contribution in [1.82, 2.24) is 4.98 Å². The standard InChI is InChI=1S/C13H17N/c1-9-4-12(8-14-7-9)13-6-10-2-3-11(13)5-10/h4,7-8,10-11,13H,2-3,5-6H2,1H3. The van der Waals surface area contributed by atoms with Crippen molar-refractivity contribution in [1.29, 1.82) is 0 Å². The van der Waals surface area contributed by atoms with Crippen LogP contribution >= 0.6 is 0 Å². The Kier molecular flexibility index (Phi) is 1.86. The van der Waals surface area contributed by atoms with E-state index >= 15 is 0 Å². The Morgan fingerprint density at radius 1 is 1.21 bits per heavy atom. The number of aryl methyl sites for hydroxylation is 1. The van der Waals surface area contributed by atoms with Crippen molar-refractivity contribution in [3.63, 3.8) is 0 Å². The summed E-state index contributed by atoms with van der Waals surface area (Å²) in [7, 11) is 0. The van der Waals surface area contributed by atoms with Gasteiger partial charge in [-0.25, -0.2) is 0 Å². The molecule has 1 nitrogen and oxygen atoms in total. The lowest BCUT2D eigenvalue weighted by Gasteiger charge is -2.21. The smallest absolute Gasteiger partial charge is 0.0302 e. The third-order valence-electron chi connectivity index (χ3n) is 4.06. The average molecular weight is 187 g/mol. The molecule has 0 N–H and O–H groups in total. The molecule has 0 aromatic carbocycles. The summed E-state index contributed by atoms with van der Waals surface area (Å²) in [5.74, 6) is 2.84. The summed E-state index contributed by atoms with van der Waals surface area (Å²) in [5, 5.41) is 0. The summed E-state index contributed by atoms with van der Waals surface area (Å²) in [6.07, 6.45) is 9.90. The number of hydrogen-bond acceptors (Lipinski definition) is 1. The second kappa shape index (κ2) is 3.08. The summed E-state index contributed by atoms with van der Waals surface area (Å²) in [5.41, 5.74) is 2.81. The normalized spacial score (nSPS) is 35.1. The summed E-state index contributed by atoms with van der Waals surface area (Å²) in [6.45, 7) is 2.14. The fourth-order valence-corrected chi connectivity index (χ4v) is 3.43. The van der Waals surface area contributed by atoms with Gasteiger partial charge in [0.05, 0.1) is 0 Å². The topological polar surface area (TPSA) is 12.9 Å². The van der Waals surface area contributed by atoms with E-state index in [0.717, 1.165) is 17.8 Å². The number of pyridine rings is 1. The van der Waals surface area contributed by atoms with Gasteiger partial charge in [0.25, 0.3) is 0 Å². The molecule has 1 heterocycles. The number of nitrogens with zero attached hydrogens (tertiary/aromatic N) is 1. The number of fused-ring (bicyclic) bond motifs is 2. The molecule has 2 bridgehead atoms. The van der Waals surface area contributed by atoms with Crippen molar-refractivity contribution in [3.8, 4) is 0 Å². The molecule has 2 fully saturated rings. The maximum Gasteiger partial charge on any atom is 0.0302 e. The summed E-state index contributed by atoms with van der Waals surface area (Å²) in [6, 6.07) is 2.33. The second-order valence-electron chi connectivity index (χ2n) is 5.08. The van der Waals surface area contributed by atoms with Gasteiger partial charge in [-0.3, -0.25) is 4.98 Å². The van der Waals surface area contributed by atoms with Gasteiger partial charge in [0.15, 0.2) is 0 Å². The molecular weight excluding hydrogens is 170 g/mol. The van der Waals surface area contributed by atoms with Crippen molar-refractivity contribution in [2.45, 2.75) is 38.5 Å². The number of hydrogen-bond donors (Lipinski definition) is 0. The van der Waals surface area contributed by atoms with Gasteiger partial charge in [0.1, 0.15) is 0 Å². The molecule has 0 aliphatic heterocycles. The van der Waals surface area contributed by atoms with Gasteiger partial charge < -0.3 is 0 Å². The van der Waals surface area contributed by atoms with Gasteiger partial charge in [0, 0.05) is 12.4 Å². The minimum atomic E-state index is 0.834. The maximum absolute atomic E-state index is 4.31. The van der Waals surface area contributed by atoms with Crippen LogP contribution in [0.5, 0.6) is 0 Å². The molecule has 0 saturated heterocycles. The Hall–Kier alpha value is -0.850. The van der Waals surface area contributed by atoms with Crippen molar-refractivity contribution < 1.29 is 0 Å². The molecule has 2 aliphatic carbocycles. The minimum Gasteiger partial charge on any atom is -0.264 e. The van der Waals surface area contributed by atoms with E-state index in [1.807, 2.05) is 6.20 Å². The van der Waals surface area contributed by atoms with Crippen LogP contribution in [0.1, 0.15) is 42.7 Å². The number of aromatic nitrogens is 1. The van der Waals surface area contributed by atoms with Crippen LogP contribution in [0.25, 0.3) is 0 Å². The van der Waals surface area contributed by atoms with Gasteiger partial charge in [-0.2, -0.15) is 0 Å². The molecule has 1 aromatic heterocycles. The molecule has 0 amide bonds. The predicted molar refractivity (Wildman–Crippen MR) is 57.2 cm³/mol. The summed E-state index contributed by atoms with van der Waals surface area (Å²) < 4.78 is 0. The maximum atomic E-state index is 4.31. The quantitative estimate of drug-likeness (QED) is 0.657. The third-order valence-corrected chi connectivity index (χ3v) is 4.06. The average Bonchev–Trinajstić information content (AvgIpc) is 2.78. The molecule has 0 radical (unpaired) electrons. The molecule has 14 heavy (non-hydrogen) atoms. The zero-order valence-electron chi connectivity index (χ0n) is 8.74. The minimum absolute atomic E-state index is 0.834. The summed E-state index contributed by atoms with van der Waals surface area (Å²) >= 11 is 0. The molecule has 3 rings (SSSR count). The second-order valence-corrected chi connectivity index (χ2v) is 5.08. The number of rotatable bonds is 1. The van der Waals surface area contributed by atoms with E-state index in [1.165, 1.54) is 36.8 Å². The third kappa shape index (κ3) is 1.26. The van der Waals surface area contributed by atoms with Crippen LogP contribution in [0, 0.1) is 18.8 Å². The zero-order valence-corrected chi connectivity index (χ0v) is 8.74. The van der Waals surface area contributed by atoms with Gasteiger partial charge in [-0.1, -0.05) is 12.5 Å². The predicted octanol–water partition coefficient (Wildman–Crippen LogP) is 3.29. The fraction of sp³-hybridized carbons (Fsp3) is 0.615. The highest BCUT2D eigenvalue weighted by molar-refractivity contribution is 5.23. The van der Waals surface area contributed by atoms with Crippen LogP contribution in [0.4, 0.5) is 0 Å². The fourth-order valence-electron chi connectivity index (χ4n) is 3.43. The highest BCUT2D eigenvalue weighted by atomic mass is 14.6.